The first-order valence-corrected chi connectivity index (χ1v) is 6.90. The number of anilines is 1. The molecule has 1 heterocycles. The number of nitrogens with zero attached hydrogens (tertiary/aromatic N) is 2. The molecule has 7 heteroatoms. The van der Waals surface area contributed by atoms with Crippen LogP contribution in [0.1, 0.15) is 38.1 Å². The second kappa shape index (κ2) is 5.03. The first-order valence-electron chi connectivity index (χ1n) is 6.09. The first kappa shape index (κ1) is 13.6. The third kappa shape index (κ3) is 2.76. The number of rotatable bonds is 3. The second-order valence-corrected chi connectivity index (χ2v) is 5.74. The Kier molecular flexibility index (Phi) is 3.79. The van der Waals surface area contributed by atoms with Gasteiger partial charge in [-0.2, -0.15) is 13.2 Å². The molecule has 1 aliphatic rings. The average molecular weight is 279 g/mol. The van der Waals surface area contributed by atoms with E-state index in [1.807, 2.05) is 0 Å². The van der Waals surface area contributed by atoms with E-state index in [1.165, 1.54) is 0 Å². The fraction of sp³-hybridized carbons (Fsp3) is 0.818. The van der Waals surface area contributed by atoms with E-state index in [9.17, 15) is 13.2 Å². The molecule has 0 aliphatic heterocycles. The van der Waals surface area contributed by atoms with Crippen molar-refractivity contribution in [2.24, 2.45) is 11.8 Å². The van der Waals surface area contributed by atoms with Crippen LogP contribution in [0.5, 0.6) is 0 Å². The summed E-state index contributed by atoms with van der Waals surface area (Å²) in [6, 6.07) is 0.212. The average Bonchev–Trinajstić information content (AvgIpc) is 2.87. The van der Waals surface area contributed by atoms with Crippen LogP contribution in [0.2, 0.25) is 0 Å². The van der Waals surface area contributed by atoms with Crippen LogP contribution < -0.4 is 5.32 Å². The number of halogens is 3. The minimum absolute atomic E-state index is 0.212. The van der Waals surface area contributed by atoms with E-state index in [1.54, 1.807) is 0 Å². The van der Waals surface area contributed by atoms with Gasteiger partial charge in [0.2, 0.25) is 10.1 Å². The molecule has 0 saturated heterocycles. The van der Waals surface area contributed by atoms with Gasteiger partial charge in [0.1, 0.15) is 0 Å². The molecule has 2 rings (SSSR count). The standard InChI is InChI=1S/C11H16F3N3S/c1-3-7-4-5-8(6(7)2)15-10-17-16-9(18-10)11(12,13)14/h6-8H,3-5H2,1-2H3,(H,15,17). The lowest BCUT2D eigenvalue weighted by atomic mass is 9.94. The number of hydrogen-bond acceptors (Lipinski definition) is 4. The Morgan fingerprint density at radius 1 is 1.33 bits per heavy atom. The number of hydrogen-bond donors (Lipinski definition) is 1. The highest BCUT2D eigenvalue weighted by molar-refractivity contribution is 7.15. The molecule has 0 radical (unpaired) electrons. The zero-order valence-corrected chi connectivity index (χ0v) is 11.1. The Bertz CT molecular complexity index is 404. The molecule has 1 N–H and O–H groups in total. The number of alkyl halides is 3. The molecular formula is C11H16F3N3S. The van der Waals surface area contributed by atoms with Gasteiger partial charge in [-0.05, 0) is 24.7 Å². The number of nitrogens with one attached hydrogen (secondary N) is 1. The van der Waals surface area contributed by atoms with Gasteiger partial charge >= 0.3 is 6.18 Å². The SMILES string of the molecule is CCC1CCC(Nc2nnc(C(F)(F)F)s2)C1C. The molecule has 18 heavy (non-hydrogen) atoms. The van der Waals surface area contributed by atoms with Gasteiger partial charge in [-0.3, -0.25) is 0 Å². The molecule has 0 bridgehead atoms. The Morgan fingerprint density at radius 3 is 2.56 bits per heavy atom. The summed E-state index contributed by atoms with van der Waals surface area (Å²) in [5, 5.41) is 9.22. The lowest BCUT2D eigenvalue weighted by Gasteiger charge is -2.20. The van der Waals surface area contributed by atoms with Crippen molar-refractivity contribution in [3.8, 4) is 0 Å². The molecule has 1 fully saturated rings. The Labute approximate surface area is 108 Å². The molecule has 3 nitrogen and oxygen atoms in total. The summed E-state index contributed by atoms with van der Waals surface area (Å²) in [5.41, 5.74) is 0. The highest BCUT2D eigenvalue weighted by Gasteiger charge is 2.37. The third-order valence-corrected chi connectivity index (χ3v) is 4.63. The van der Waals surface area contributed by atoms with Gasteiger partial charge in [0.05, 0.1) is 0 Å². The zero-order valence-electron chi connectivity index (χ0n) is 10.3. The molecular weight excluding hydrogens is 263 g/mol. The quantitative estimate of drug-likeness (QED) is 0.914. The summed E-state index contributed by atoms with van der Waals surface area (Å²) in [6.07, 6.45) is -1.17. The summed E-state index contributed by atoms with van der Waals surface area (Å²) in [6.45, 7) is 4.29. The van der Waals surface area contributed by atoms with Gasteiger partial charge in [-0.25, -0.2) is 0 Å². The minimum Gasteiger partial charge on any atom is -0.357 e. The van der Waals surface area contributed by atoms with Crippen molar-refractivity contribution in [2.75, 3.05) is 5.32 Å². The van der Waals surface area contributed by atoms with Crippen LogP contribution in [0.15, 0.2) is 0 Å². The fourth-order valence-electron chi connectivity index (χ4n) is 2.58. The van der Waals surface area contributed by atoms with Crippen LogP contribution in [0.25, 0.3) is 0 Å². The topological polar surface area (TPSA) is 37.8 Å². The maximum absolute atomic E-state index is 12.4. The summed E-state index contributed by atoms with van der Waals surface area (Å²) >= 11 is 0.579. The van der Waals surface area contributed by atoms with Gasteiger partial charge < -0.3 is 5.32 Å². The van der Waals surface area contributed by atoms with Gasteiger partial charge in [0, 0.05) is 6.04 Å². The second-order valence-electron chi connectivity index (χ2n) is 4.77. The van der Waals surface area contributed by atoms with Crippen LogP contribution in [-0.2, 0) is 6.18 Å². The molecule has 3 atom stereocenters. The van der Waals surface area contributed by atoms with Crippen molar-refractivity contribution in [2.45, 2.75) is 45.3 Å². The van der Waals surface area contributed by atoms with E-state index < -0.39 is 11.2 Å². The van der Waals surface area contributed by atoms with E-state index in [4.69, 9.17) is 0 Å². The van der Waals surface area contributed by atoms with Crippen molar-refractivity contribution in [3.05, 3.63) is 5.01 Å². The summed E-state index contributed by atoms with van der Waals surface area (Å²) in [5.74, 6) is 1.12. The maximum atomic E-state index is 12.4. The smallest absolute Gasteiger partial charge is 0.357 e. The molecule has 0 amide bonds. The normalized spacial score (nSPS) is 28.6. The van der Waals surface area contributed by atoms with E-state index in [0.29, 0.717) is 23.2 Å². The maximum Gasteiger partial charge on any atom is 0.445 e. The van der Waals surface area contributed by atoms with E-state index in [0.717, 1.165) is 19.3 Å². The molecule has 3 unspecified atom stereocenters. The molecule has 1 aromatic rings. The van der Waals surface area contributed by atoms with Crippen LogP contribution in [-0.4, -0.2) is 16.2 Å². The molecule has 1 aliphatic carbocycles. The molecule has 1 aromatic heterocycles. The van der Waals surface area contributed by atoms with Gasteiger partial charge in [0.15, 0.2) is 0 Å². The lowest BCUT2D eigenvalue weighted by molar-refractivity contribution is -0.138. The van der Waals surface area contributed by atoms with E-state index in [-0.39, 0.29) is 11.2 Å². The van der Waals surface area contributed by atoms with Gasteiger partial charge in [0.25, 0.3) is 0 Å². The van der Waals surface area contributed by atoms with Crippen molar-refractivity contribution < 1.29 is 13.2 Å². The first-order chi connectivity index (χ1) is 8.41. The van der Waals surface area contributed by atoms with E-state index in [2.05, 4.69) is 29.4 Å². The summed E-state index contributed by atoms with van der Waals surface area (Å²) in [4.78, 5) is 0. The Morgan fingerprint density at radius 2 is 2.06 bits per heavy atom. The fourth-order valence-corrected chi connectivity index (χ4v) is 3.25. The Hall–Kier alpha value is -0.850. The minimum atomic E-state index is -4.40. The zero-order chi connectivity index (χ0) is 13.3. The van der Waals surface area contributed by atoms with Crippen LogP contribution >= 0.6 is 11.3 Å². The Balaban J connectivity index is 2.00. The molecule has 1 saturated carbocycles. The monoisotopic (exact) mass is 279 g/mol. The van der Waals surface area contributed by atoms with Crippen LogP contribution in [0.4, 0.5) is 18.3 Å². The highest BCUT2D eigenvalue weighted by atomic mass is 32.1. The van der Waals surface area contributed by atoms with Crippen molar-refractivity contribution in [3.63, 3.8) is 0 Å². The van der Waals surface area contributed by atoms with Gasteiger partial charge in [-0.15, -0.1) is 10.2 Å². The van der Waals surface area contributed by atoms with Crippen LogP contribution in [0.3, 0.4) is 0 Å². The molecule has 0 spiro atoms. The van der Waals surface area contributed by atoms with Crippen LogP contribution in [0, 0.1) is 11.8 Å². The van der Waals surface area contributed by atoms with Crippen molar-refractivity contribution >= 4 is 16.5 Å². The predicted octanol–water partition coefficient (Wildman–Crippen LogP) is 3.79. The van der Waals surface area contributed by atoms with E-state index >= 15 is 0 Å². The highest BCUT2D eigenvalue weighted by Crippen LogP contribution is 2.37. The third-order valence-electron chi connectivity index (χ3n) is 3.73. The molecule has 0 aromatic carbocycles. The predicted molar refractivity (Wildman–Crippen MR) is 64.5 cm³/mol. The number of aromatic nitrogens is 2. The van der Waals surface area contributed by atoms with Crippen molar-refractivity contribution in [1.29, 1.82) is 0 Å². The largest absolute Gasteiger partial charge is 0.445 e. The van der Waals surface area contributed by atoms with Crippen molar-refractivity contribution in [1.82, 2.24) is 10.2 Å². The summed E-state index contributed by atoms with van der Waals surface area (Å²) in [7, 11) is 0. The lowest BCUT2D eigenvalue weighted by Crippen LogP contribution is -2.24. The summed E-state index contributed by atoms with van der Waals surface area (Å²) < 4.78 is 37.2. The van der Waals surface area contributed by atoms with Gasteiger partial charge in [-0.1, -0.05) is 31.6 Å². The molecule has 102 valence electrons.